The SMILES string of the molecule is C=C(CC(CC)CC)[C@@H](C(=O)O)N1CN(Cc2ccc(C(F)(F)F)cc2)c2ccccc2C1=O. The van der Waals surface area contributed by atoms with E-state index in [1.165, 1.54) is 17.0 Å². The molecule has 1 aliphatic rings. The maximum absolute atomic E-state index is 13.3. The Bertz CT molecular complexity index is 1050. The number of hydrogen-bond donors (Lipinski definition) is 1. The number of halogens is 3. The molecule has 34 heavy (non-hydrogen) atoms. The van der Waals surface area contributed by atoms with Crippen LogP contribution in [0.1, 0.15) is 54.6 Å². The number of carboxylic acids is 1. The number of alkyl halides is 3. The van der Waals surface area contributed by atoms with E-state index >= 15 is 0 Å². The van der Waals surface area contributed by atoms with E-state index in [1.54, 1.807) is 29.2 Å². The molecule has 2 aromatic carbocycles. The van der Waals surface area contributed by atoms with Crippen molar-refractivity contribution in [2.24, 2.45) is 5.92 Å². The molecule has 1 aliphatic heterocycles. The number of anilines is 1. The van der Waals surface area contributed by atoms with E-state index in [1.807, 2.05) is 13.8 Å². The molecule has 1 atom stereocenters. The van der Waals surface area contributed by atoms with Crippen LogP contribution in [0.25, 0.3) is 0 Å². The fourth-order valence-electron chi connectivity index (χ4n) is 4.35. The molecule has 0 radical (unpaired) electrons. The van der Waals surface area contributed by atoms with Gasteiger partial charge in [0.05, 0.1) is 23.5 Å². The van der Waals surface area contributed by atoms with Crippen LogP contribution < -0.4 is 4.90 Å². The van der Waals surface area contributed by atoms with Crippen molar-refractivity contribution >= 4 is 17.6 Å². The highest BCUT2D eigenvalue weighted by Gasteiger charge is 2.38. The normalized spacial score (nSPS) is 14.8. The van der Waals surface area contributed by atoms with Gasteiger partial charge < -0.3 is 14.9 Å². The minimum Gasteiger partial charge on any atom is -0.479 e. The van der Waals surface area contributed by atoms with Gasteiger partial charge in [-0.05, 0) is 47.7 Å². The zero-order valence-electron chi connectivity index (χ0n) is 19.3. The summed E-state index contributed by atoms with van der Waals surface area (Å²) in [5.74, 6) is -1.29. The minimum absolute atomic E-state index is 0.0181. The van der Waals surface area contributed by atoms with E-state index in [9.17, 15) is 27.9 Å². The summed E-state index contributed by atoms with van der Waals surface area (Å²) in [5.41, 5.74) is 1.29. The second kappa shape index (κ2) is 10.3. The van der Waals surface area contributed by atoms with Gasteiger partial charge in [0.15, 0.2) is 6.04 Å². The first kappa shape index (κ1) is 25.3. The van der Waals surface area contributed by atoms with Gasteiger partial charge in [-0.3, -0.25) is 4.79 Å². The standard InChI is InChI=1S/C26H29F3N2O3/c1-4-18(5-2)14-17(3)23(25(33)34)31-16-30(22-9-7-6-8-21(22)24(31)32)15-19-10-12-20(13-11-19)26(27,28)29/h6-13,18,23H,3-5,14-16H2,1-2H3,(H,33,34)/t23-/m0/s1. The molecule has 182 valence electrons. The quantitative estimate of drug-likeness (QED) is 0.456. The van der Waals surface area contributed by atoms with Crippen LogP contribution in [0.4, 0.5) is 18.9 Å². The molecule has 8 heteroatoms. The Hall–Kier alpha value is -3.29. The fourth-order valence-corrected chi connectivity index (χ4v) is 4.35. The Morgan fingerprint density at radius 1 is 1.09 bits per heavy atom. The lowest BCUT2D eigenvalue weighted by Crippen LogP contribution is -2.54. The van der Waals surface area contributed by atoms with Crippen LogP contribution in [-0.4, -0.2) is 34.6 Å². The van der Waals surface area contributed by atoms with Crippen LogP contribution in [-0.2, 0) is 17.5 Å². The third-order valence-corrected chi connectivity index (χ3v) is 6.35. The largest absolute Gasteiger partial charge is 0.479 e. The van der Waals surface area contributed by atoms with Crippen molar-refractivity contribution in [2.45, 2.75) is 51.9 Å². The number of hydrogen-bond acceptors (Lipinski definition) is 3. The monoisotopic (exact) mass is 474 g/mol. The van der Waals surface area contributed by atoms with Crippen molar-refractivity contribution in [1.82, 2.24) is 4.90 Å². The van der Waals surface area contributed by atoms with Crippen LogP contribution >= 0.6 is 0 Å². The van der Waals surface area contributed by atoms with E-state index in [0.29, 0.717) is 28.8 Å². The van der Waals surface area contributed by atoms with Gasteiger partial charge in [-0.1, -0.05) is 57.5 Å². The van der Waals surface area contributed by atoms with Gasteiger partial charge >= 0.3 is 12.1 Å². The molecule has 1 N–H and O–H groups in total. The number of carbonyl (C=O) groups excluding carboxylic acids is 1. The van der Waals surface area contributed by atoms with Gasteiger partial charge in [0.2, 0.25) is 0 Å². The molecule has 1 amide bonds. The lowest BCUT2D eigenvalue weighted by molar-refractivity contribution is -0.141. The number of fused-ring (bicyclic) bond motifs is 1. The van der Waals surface area contributed by atoms with Gasteiger partial charge in [-0.25, -0.2) is 4.79 Å². The van der Waals surface area contributed by atoms with E-state index in [4.69, 9.17) is 0 Å². The highest BCUT2D eigenvalue weighted by atomic mass is 19.4. The molecule has 0 saturated heterocycles. The van der Waals surface area contributed by atoms with E-state index in [0.717, 1.165) is 25.0 Å². The maximum atomic E-state index is 13.3. The number of nitrogens with zero attached hydrogens (tertiary/aromatic N) is 2. The van der Waals surface area contributed by atoms with Gasteiger partial charge in [0.25, 0.3) is 5.91 Å². The molecule has 1 heterocycles. The zero-order chi connectivity index (χ0) is 25.0. The summed E-state index contributed by atoms with van der Waals surface area (Å²) in [6.45, 7) is 8.28. The van der Waals surface area contributed by atoms with E-state index < -0.39 is 29.7 Å². The van der Waals surface area contributed by atoms with Gasteiger partial charge in [-0.2, -0.15) is 13.2 Å². The Morgan fingerprint density at radius 3 is 2.26 bits per heavy atom. The topological polar surface area (TPSA) is 60.9 Å². The maximum Gasteiger partial charge on any atom is 0.416 e. The van der Waals surface area contributed by atoms with Crippen molar-refractivity contribution in [3.05, 3.63) is 77.4 Å². The molecule has 0 bridgehead atoms. The molecule has 0 fully saturated rings. The Labute approximate surface area is 197 Å². The highest BCUT2D eigenvalue weighted by Crippen LogP contribution is 2.33. The Balaban J connectivity index is 1.93. The van der Waals surface area contributed by atoms with Gasteiger partial charge in [-0.15, -0.1) is 0 Å². The van der Waals surface area contributed by atoms with Gasteiger partial charge in [0, 0.05) is 6.54 Å². The average molecular weight is 475 g/mol. The molecule has 2 aromatic rings. The number of amides is 1. The number of benzene rings is 2. The van der Waals surface area contributed by atoms with Crippen molar-refractivity contribution in [2.75, 3.05) is 11.6 Å². The lowest BCUT2D eigenvalue weighted by Gasteiger charge is -2.41. The first-order valence-corrected chi connectivity index (χ1v) is 11.3. The molecule has 0 unspecified atom stereocenters. The zero-order valence-corrected chi connectivity index (χ0v) is 19.3. The van der Waals surface area contributed by atoms with Crippen LogP contribution in [0.3, 0.4) is 0 Å². The first-order valence-electron chi connectivity index (χ1n) is 11.3. The molecular formula is C26H29F3N2O3. The van der Waals surface area contributed by atoms with E-state index in [-0.39, 0.29) is 19.1 Å². The van der Waals surface area contributed by atoms with Crippen LogP contribution in [0.15, 0.2) is 60.7 Å². The third-order valence-electron chi connectivity index (χ3n) is 6.35. The summed E-state index contributed by atoms with van der Waals surface area (Å²) in [4.78, 5) is 28.7. The average Bonchev–Trinajstić information content (AvgIpc) is 2.80. The van der Waals surface area contributed by atoms with Crippen molar-refractivity contribution < 1.29 is 27.9 Å². The van der Waals surface area contributed by atoms with Crippen molar-refractivity contribution in [1.29, 1.82) is 0 Å². The molecular weight excluding hydrogens is 445 g/mol. The first-order chi connectivity index (χ1) is 16.1. The summed E-state index contributed by atoms with van der Waals surface area (Å²) in [6, 6.07) is 10.5. The number of carboxylic acid groups (broad SMARTS) is 1. The predicted octanol–water partition coefficient (Wildman–Crippen LogP) is 5.96. The number of rotatable bonds is 9. The summed E-state index contributed by atoms with van der Waals surface area (Å²) >= 11 is 0. The van der Waals surface area contributed by atoms with Crippen LogP contribution in [0.2, 0.25) is 0 Å². The third kappa shape index (κ3) is 5.43. The minimum atomic E-state index is -4.43. The number of carbonyl (C=O) groups is 2. The Morgan fingerprint density at radius 2 is 1.71 bits per heavy atom. The summed E-state index contributed by atoms with van der Waals surface area (Å²) in [7, 11) is 0. The van der Waals surface area contributed by atoms with Crippen LogP contribution in [0, 0.1) is 5.92 Å². The summed E-state index contributed by atoms with van der Waals surface area (Å²) < 4.78 is 38.8. The second-order valence-electron chi connectivity index (χ2n) is 8.61. The number of para-hydroxylation sites is 1. The predicted molar refractivity (Wildman–Crippen MR) is 124 cm³/mol. The smallest absolute Gasteiger partial charge is 0.416 e. The Kier molecular flexibility index (Phi) is 7.69. The van der Waals surface area contributed by atoms with Crippen LogP contribution in [0.5, 0.6) is 0 Å². The van der Waals surface area contributed by atoms with E-state index in [2.05, 4.69) is 6.58 Å². The summed E-state index contributed by atoms with van der Waals surface area (Å²) in [6.07, 6.45) is -2.19. The fraction of sp³-hybridized carbons (Fsp3) is 0.385. The molecule has 5 nitrogen and oxygen atoms in total. The van der Waals surface area contributed by atoms with Gasteiger partial charge in [0.1, 0.15) is 0 Å². The lowest BCUT2D eigenvalue weighted by atomic mass is 9.90. The second-order valence-corrected chi connectivity index (χ2v) is 8.61. The number of aliphatic carboxylic acids is 1. The molecule has 0 spiro atoms. The van der Waals surface area contributed by atoms with Crippen molar-refractivity contribution in [3.63, 3.8) is 0 Å². The highest BCUT2D eigenvalue weighted by molar-refractivity contribution is 6.03. The molecule has 0 aromatic heterocycles. The molecule has 0 saturated carbocycles. The summed E-state index contributed by atoms with van der Waals surface area (Å²) in [5, 5.41) is 10.0. The van der Waals surface area contributed by atoms with Crippen molar-refractivity contribution in [3.8, 4) is 0 Å². The molecule has 0 aliphatic carbocycles. The molecule has 3 rings (SSSR count).